The molecule has 2 aromatic heterocycles. The normalized spacial score (nSPS) is 12.1. The minimum absolute atomic E-state index is 0.0539. The van der Waals surface area contributed by atoms with Crippen molar-refractivity contribution >= 4 is 49.7 Å². The van der Waals surface area contributed by atoms with Crippen LogP contribution >= 0.6 is 23.1 Å². The van der Waals surface area contributed by atoms with Crippen molar-refractivity contribution in [3.8, 4) is 0 Å². The zero-order chi connectivity index (χ0) is 27.3. The third-order valence-corrected chi connectivity index (χ3v) is 9.47. The van der Waals surface area contributed by atoms with Crippen LogP contribution in [0.1, 0.15) is 29.9 Å². The van der Waals surface area contributed by atoms with E-state index in [1.54, 1.807) is 30.3 Å². The van der Waals surface area contributed by atoms with Crippen LogP contribution in [0, 0.1) is 10.1 Å². The van der Waals surface area contributed by atoms with Gasteiger partial charge < -0.3 is 10.3 Å². The van der Waals surface area contributed by atoms with Crippen LogP contribution in [0.3, 0.4) is 0 Å². The van der Waals surface area contributed by atoms with Crippen LogP contribution in [0.4, 0.5) is 10.8 Å². The van der Waals surface area contributed by atoms with E-state index in [4.69, 9.17) is 0 Å². The van der Waals surface area contributed by atoms with E-state index in [0.29, 0.717) is 17.7 Å². The summed E-state index contributed by atoms with van der Waals surface area (Å²) in [5.74, 6) is -0.488. The summed E-state index contributed by atoms with van der Waals surface area (Å²) in [4.78, 5) is 46.7. The first kappa shape index (κ1) is 27.2. The van der Waals surface area contributed by atoms with Gasteiger partial charge in [0.05, 0.1) is 16.0 Å². The highest BCUT2D eigenvalue weighted by Gasteiger charge is 2.26. The second-order valence-corrected chi connectivity index (χ2v) is 12.2. The van der Waals surface area contributed by atoms with Gasteiger partial charge in [0.15, 0.2) is 10.3 Å². The maximum Gasteiger partial charge on any atom is 0.269 e. The summed E-state index contributed by atoms with van der Waals surface area (Å²) in [6, 6.07) is 14.8. The maximum atomic E-state index is 13.3. The lowest BCUT2D eigenvalue weighted by Gasteiger charge is -2.15. The fourth-order valence-corrected chi connectivity index (χ4v) is 6.86. The van der Waals surface area contributed by atoms with E-state index >= 15 is 0 Å². The van der Waals surface area contributed by atoms with E-state index in [-0.39, 0.29) is 30.6 Å². The van der Waals surface area contributed by atoms with Crippen molar-refractivity contribution in [1.82, 2.24) is 15.0 Å². The number of carbonyl (C=O) groups is 1. The molecule has 0 fully saturated rings. The van der Waals surface area contributed by atoms with E-state index in [0.717, 1.165) is 60.0 Å². The Bertz CT molecular complexity index is 1620. The van der Waals surface area contributed by atoms with Crippen LogP contribution in [0.25, 0.3) is 0 Å². The van der Waals surface area contributed by atoms with Gasteiger partial charge in [-0.2, -0.15) is 0 Å². The lowest BCUT2D eigenvalue weighted by molar-refractivity contribution is -0.384. The number of H-pyrrole nitrogens is 1. The van der Waals surface area contributed by atoms with Gasteiger partial charge in [-0.1, -0.05) is 66.8 Å². The Morgan fingerprint density at radius 1 is 1.18 bits per heavy atom. The van der Waals surface area contributed by atoms with Gasteiger partial charge in [0.2, 0.25) is 15.7 Å². The lowest BCUT2D eigenvalue weighted by atomic mass is 10.1. The fraction of sp³-hybridized carbons (Fsp3) is 0.167. The number of hydrogen-bond donors (Lipinski definition) is 2. The molecule has 0 saturated carbocycles. The van der Waals surface area contributed by atoms with Gasteiger partial charge in [-0.25, -0.2) is 18.4 Å². The maximum absolute atomic E-state index is 13.3. The summed E-state index contributed by atoms with van der Waals surface area (Å²) in [7, 11) is -4.01. The summed E-state index contributed by atoms with van der Waals surface area (Å²) < 4.78 is 25.8. The Morgan fingerprint density at radius 2 is 1.89 bits per heavy atom. The van der Waals surface area contributed by atoms with Crippen LogP contribution in [-0.2, 0) is 21.1 Å². The number of nitro benzene ring substituents is 1. The molecule has 4 aromatic rings. The summed E-state index contributed by atoms with van der Waals surface area (Å²) in [6.45, 7) is 1.97. The number of nitrogens with zero attached hydrogens (tertiary/aromatic N) is 3. The second-order valence-electron chi connectivity index (χ2n) is 7.93. The largest absolute Gasteiger partial charge is 0.301 e. The number of anilines is 1. The van der Waals surface area contributed by atoms with Gasteiger partial charge in [0.25, 0.3) is 11.2 Å². The summed E-state index contributed by atoms with van der Waals surface area (Å²) in [5.41, 5.74) is 0.710. The van der Waals surface area contributed by atoms with Crippen molar-refractivity contribution in [2.24, 2.45) is 0 Å². The molecule has 1 unspecified atom stereocenters. The Kier molecular flexibility index (Phi) is 8.34. The highest BCUT2D eigenvalue weighted by molar-refractivity contribution is 8.00. The number of sulfone groups is 1. The molecule has 0 aliphatic heterocycles. The van der Waals surface area contributed by atoms with Gasteiger partial charge >= 0.3 is 0 Å². The van der Waals surface area contributed by atoms with Gasteiger partial charge in [-0.05, 0) is 24.1 Å². The molecule has 0 bridgehead atoms. The molecule has 0 saturated heterocycles. The number of thioether (sulfide) groups is 1. The lowest BCUT2D eigenvalue weighted by Crippen LogP contribution is -2.20. The molecule has 38 heavy (non-hydrogen) atoms. The molecule has 2 heterocycles. The average molecular weight is 572 g/mol. The first-order valence-electron chi connectivity index (χ1n) is 11.3. The number of nitrogens with one attached hydrogen (secondary N) is 2. The molecular formula is C24H21N5O6S3. The van der Waals surface area contributed by atoms with Gasteiger partial charge in [-0.15, -0.1) is 0 Å². The van der Waals surface area contributed by atoms with Crippen molar-refractivity contribution in [2.45, 2.75) is 39.3 Å². The van der Waals surface area contributed by atoms with E-state index in [2.05, 4.69) is 20.3 Å². The molecule has 0 aliphatic rings. The highest BCUT2D eigenvalue weighted by atomic mass is 32.2. The van der Waals surface area contributed by atoms with Crippen LogP contribution < -0.4 is 10.9 Å². The molecular weight excluding hydrogens is 550 g/mol. The summed E-state index contributed by atoms with van der Waals surface area (Å²) in [6.07, 6.45) is 2.54. The van der Waals surface area contributed by atoms with Crippen molar-refractivity contribution in [3.63, 3.8) is 0 Å². The van der Waals surface area contributed by atoms with Crippen LogP contribution in [0.5, 0.6) is 0 Å². The number of aromatic amines is 1. The standard InChI is InChI=1S/C24H21N5O6S3/c1-2-6-16-13-19(30)27-24(26-16)37-21(15-7-4-3-5-8-15)22(31)28-23-25-14-20(36-23)38(34,35)18-11-9-17(10-12-18)29(32)33/h3-5,7-14,21H,2,6H2,1H3,(H,25,28,31)(H,26,27,30). The zero-order valence-electron chi connectivity index (χ0n) is 19.9. The Hall–Kier alpha value is -3.88. The molecule has 0 spiro atoms. The summed E-state index contributed by atoms with van der Waals surface area (Å²) in [5, 5.41) is 13.0. The number of aryl methyl sites for hydroxylation is 1. The molecule has 14 heteroatoms. The Balaban J connectivity index is 1.58. The zero-order valence-corrected chi connectivity index (χ0v) is 22.3. The quantitative estimate of drug-likeness (QED) is 0.121. The van der Waals surface area contributed by atoms with Crippen molar-refractivity contribution in [3.05, 3.63) is 98.6 Å². The molecule has 0 aliphatic carbocycles. The SMILES string of the molecule is CCCc1cc(=O)[nH]c(SC(C(=O)Nc2ncc(S(=O)(=O)c3ccc([N+](=O)[O-])cc3)s2)c2ccccc2)n1. The van der Waals surface area contributed by atoms with E-state index in [9.17, 15) is 28.1 Å². The van der Waals surface area contributed by atoms with E-state index < -0.39 is 25.9 Å². The smallest absolute Gasteiger partial charge is 0.269 e. The number of non-ortho nitro benzene ring substituents is 1. The average Bonchev–Trinajstić information content (AvgIpc) is 3.37. The third kappa shape index (κ3) is 6.33. The monoisotopic (exact) mass is 571 g/mol. The van der Waals surface area contributed by atoms with E-state index in [1.165, 1.54) is 6.07 Å². The summed E-state index contributed by atoms with van der Waals surface area (Å²) >= 11 is 1.82. The number of carbonyl (C=O) groups excluding carboxylic acids is 1. The molecule has 4 rings (SSSR count). The number of aromatic nitrogens is 3. The predicted molar refractivity (Wildman–Crippen MR) is 143 cm³/mol. The van der Waals surface area contributed by atoms with Gasteiger partial charge in [0, 0.05) is 23.9 Å². The number of nitro groups is 1. The number of benzene rings is 2. The van der Waals surface area contributed by atoms with Crippen LogP contribution in [-0.4, -0.2) is 34.2 Å². The minimum Gasteiger partial charge on any atom is -0.301 e. The number of hydrogen-bond acceptors (Lipinski definition) is 10. The first-order valence-corrected chi connectivity index (χ1v) is 14.4. The number of rotatable bonds is 10. The van der Waals surface area contributed by atoms with Gasteiger partial charge in [0.1, 0.15) is 9.46 Å². The van der Waals surface area contributed by atoms with Crippen molar-refractivity contribution in [2.75, 3.05) is 5.32 Å². The third-order valence-electron chi connectivity index (χ3n) is 5.19. The topological polar surface area (TPSA) is 165 Å². The van der Waals surface area contributed by atoms with Gasteiger partial charge in [-0.3, -0.25) is 19.7 Å². The number of amides is 1. The van der Waals surface area contributed by atoms with Crippen LogP contribution in [0.2, 0.25) is 0 Å². The fourth-order valence-electron chi connectivity index (χ4n) is 3.41. The molecule has 2 N–H and O–H groups in total. The second kappa shape index (κ2) is 11.7. The molecule has 1 amide bonds. The highest BCUT2D eigenvalue weighted by Crippen LogP contribution is 2.35. The Labute approximate surface area is 225 Å². The Morgan fingerprint density at radius 3 is 2.55 bits per heavy atom. The predicted octanol–water partition coefficient (Wildman–Crippen LogP) is 4.39. The van der Waals surface area contributed by atoms with Crippen molar-refractivity contribution < 1.29 is 18.1 Å². The first-order chi connectivity index (χ1) is 18.2. The molecule has 11 nitrogen and oxygen atoms in total. The number of thiazole rings is 1. The van der Waals surface area contributed by atoms with Crippen molar-refractivity contribution in [1.29, 1.82) is 0 Å². The van der Waals surface area contributed by atoms with Crippen LogP contribution in [0.15, 0.2) is 85.9 Å². The molecule has 196 valence electrons. The molecule has 2 aromatic carbocycles. The van der Waals surface area contributed by atoms with E-state index in [1.807, 2.05) is 6.92 Å². The molecule has 0 radical (unpaired) electrons. The molecule has 1 atom stereocenters. The minimum atomic E-state index is -4.01.